The number of carbonyl (C=O) groups excluding carboxylic acids is 3. The van der Waals surface area contributed by atoms with Gasteiger partial charge in [0.1, 0.15) is 12.1 Å². The molecule has 0 unspecified atom stereocenters. The molecule has 1 saturated heterocycles. The highest BCUT2D eigenvalue weighted by molar-refractivity contribution is 6.06. The number of carbonyl (C=O) groups is 3. The fourth-order valence-corrected chi connectivity index (χ4v) is 2.03. The van der Waals surface area contributed by atoms with Crippen molar-refractivity contribution >= 4 is 17.9 Å². The van der Waals surface area contributed by atoms with Gasteiger partial charge in [-0.3, -0.25) is 14.5 Å². The van der Waals surface area contributed by atoms with Gasteiger partial charge >= 0.3 is 12.0 Å². The third kappa shape index (κ3) is 3.59. The lowest BCUT2D eigenvalue weighted by atomic mass is 10.1. The van der Waals surface area contributed by atoms with Crippen molar-refractivity contribution in [3.8, 4) is 0 Å². The molecule has 2 rings (SSSR count). The van der Waals surface area contributed by atoms with Crippen LogP contribution in [0.3, 0.4) is 0 Å². The summed E-state index contributed by atoms with van der Waals surface area (Å²) in [5.74, 6) is -0.771. The lowest BCUT2D eigenvalue weighted by Crippen LogP contribution is -2.40. The molecule has 6 nitrogen and oxygen atoms in total. The van der Waals surface area contributed by atoms with Crippen molar-refractivity contribution < 1.29 is 19.1 Å². The van der Waals surface area contributed by atoms with Crippen molar-refractivity contribution in [2.45, 2.75) is 32.4 Å². The molecule has 0 aliphatic carbocycles. The minimum atomic E-state index is -0.912. The zero-order valence-electron chi connectivity index (χ0n) is 12.1. The second-order valence-corrected chi connectivity index (χ2v) is 5.41. The summed E-state index contributed by atoms with van der Waals surface area (Å²) in [5.41, 5.74) is -0.0210. The van der Waals surface area contributed by atoms with Crippen LogP contribution in [0.15, 0.2) is 30.3 Å². The maximum absolute atomic E-state index is 11.9. The van der Waals surface area contributed by atoms with Crippen LogP contribution in [-0.4, -0.2) is 34.9 Å². The van der Waals surface area contributed by atoms with E-state index in [1.165, 1.54) is 0 Å². The molecule has 1 aliphatic heterocycles. The van der Waals surface area contributed by atoms with E-state index in [4.69, 9.17) is 4.74 Å². The maximum atomic E-state index is 11.9. The first-order chi connectivity index (χ1) is 9.90. The van der Waals surface area contributed by atoms with E-state index in [-0.39, 0.29) is 25.5 Å². The number of nitrogens with zero attached hydrogens (tertiary/aromatic N) is 1. The van der Waals surface area contributed by atoms with E-state index in [0.29, 0.717) is 0 Å². The van der Waals surface area contributed by atoms with Crippen molar-refractivity contribution in [1.82, 2.24) is 10.2 Å². The van der Waals surface area contributed by atoms with E-state index in [0.717, 1.165) is 10.5 Å². The van der Waals surface area contributed by atoms with Crippen LogP contribution in [0.4, 0.5) is 4.79 Å². The molecule has 1 heterocycles. The molecule has 1 aromatic rings. The molecule has 3 amide bonds. The Hall–Kier alpha value is -2.37. The highest BCUT2D eigenvalue weighted by atomic mass is 16.5. The van der Waals surface area contributed by atoms with Crippen LogP contribution in [0.1, 0.15) is 25.8 Å². The van der Waals surface area contributed by atoms with Gasteiger partial charge in [-0.1, -0.05) is 30.3 Å². The zero-order chi connectivity index (χ0) is 15.5. The molecule has 1 fully saturated rings. The largest absolute Gasteiger partial charge is 0.461 e. The number of hydrogen-bond donors (Lipinski definition) is 1. The van der Waals surface area contributed by atoms with Gasteiger partial charge in [0.25, 0.3) is 5.91 Å². The number of esters is 1. The van der Waals surface area contributed by atoms with Crippen LogP contribution < -0.4 is 5.32 Å². The van der Waals surface area contributed by atoms with Crippen molar-refractivity contribution in [2.75, 3.05) is 6.54 Å². The molecule has 1 aliphatic rings. The van der Waals surface area contributed by atoms with Crippen LogP contribution in [-0.2, 0) is 20.9 Å². The van der Waals surface area contributed by atoms with Crippen LogP contribution in [0.25, 0.3) is 0 Å². The summed E-state index contributed by atoms with van der Waals surface area (Å²) in [6, 6.07) is 8.84. The van der Waals surface area contributed by atoms with Crippen molar-refractivity contribution in [2.24, 2.45) is 0 Å². The standard InChI is InChI=1S/C15H18N2O4/c1-15(2)13(19)17(14(20)16-15)9-8-12(18)21-10-11-6-4-3-5-7-11/h3-7H,8-10H2,1-2H3,(H,16,20). The second-order valence-electron chi connectivity index (χ2n) is 5.41. The topological polar surface area (TPSA) is 75.7 Å². The molecule has 1 N–H and O–H groups in total. The normalized spacial score (nSPS) is 16.8. The lowest BCUT2D eigenvalue weighted by molar-refractivity contribution is -0.145. The number of benzene rings is 1. The molecule has 0 saturated carbocycles. The summed E-state index contributed by atoms with van der Waals surface area (Å²) in [4.78, 5) is 36.3. The Morgan fingerprint density at radius 3 is 2.48 bits per heavy atom. The SMILES string of the molecule is CC1(C)NC(=O)N(CCC(=O)OCc2ccccc2)C1=O. The van der Waals surface area contributed by atoms with Crippen LogP contribution in [0.5, 0.6) is 0 Å². The molecule has 21 heavy (non-hydrogen) atoms. The number of ether oxygens (including phenoxy) is 1. The summed E-state index contributed by atoms with van der Waals surface area (Å²) >= 11 is 0. The number of urea groups is 1. The Bertz CT molecular complexity index is 554. The number of imide groups is 1. The van der Waals surface area contributed by atoms with Gasteiger partial charge < -0.3 is 10.1 Å². The fraction of sp³-hybridized carbons (Fsp3) is 0.400. The Morgan fingerprint density at radius 2 is 1.90 bits per heavy atom. The molecule has 112 valence electrons. The summed E-state index contributed by atoms with van der Waals surface area (Å²) < 4.78 is 5.10. The average molecular weight is 290 g/mol. The first-order valence-electron chi connectivity index (χ1n) is 6.74. The summed E-state index contributed by atoms with van der Waals surface area (Å²) in [6.45, 7) is 3.47. The molecule has 0 atom stereocenters. The van der Waals surface area contributed by atoms with E-state index in [1.807, 2.05) is 30.3 Å². The Labute approximate surface area is 123 Å². The summed E-state index contributed by atoms with van der Waals surface area (Å²) in [5, 5.41) is 2.56. The van der Waals surface area contributed by atoms with E-state index in [9.17, 15) is 14.4 Å². The van der Waals surface area contributed by atoms with Gasteiger partial charge in [-0.15, -0.1) is 0 Å². The minimum Gasteiger partial charge on any atom is -0.461 e. The zero-order valence-corrected chi connectivity index (χ0v) is 12.1. The Morgan fingerprint density at radius 1 is 1.24 bits per heavy atom. The van der Waals surface area contributed by atoms with Gasteiger partial charge in [0.2, 0.25) is 0 Å². The number of amides is 3. The van der Waals surface area contributed by atoms with Crippen LogP contribution in [0, 0.1) is 0 Å². The van der Waals surface area contributed by atoms with Gasteiger partial charge in [0.05, 0.1) is 6.42 Å². The Balaban J connectivity index is 1.79. The smallest absolute Gasteiger partial charge is 0.325 e. The minimum absolute atomic E-state index is 0.0118. The molecular formula is C15H18N2O4. The number of nitrogens with one attached hydrogen (secondary N) is 1. The summed E-state index contributed by atoms with van der Waals surface area (Å²) in [7, 11) is 0. The molecule has 0 radical (unpaired) electrons. The average Bonchev–Trinajstić information content (AvgIpc) is 2.64. The van der Waals surface area contributed by atoms with Crippen molar-refractivity contribution in [1.29, 1.82) is 0 Å². The third-order valence-corrected chi connectivity index (χ3v) is 3.23. The maximum Gasteiger partial charge on any atom is 0.325 e. The van der Waals surface area contributed by atoms with Gasteiger partial charge in [-0.05, 0) is 19.4 Å². The van der Waals surface area contributed by atoms with E-state index in [2.05, 4.69) is 5.32 Å². The molecule has 6 heteroatoms. The van der Waals surface area contributed by atoms with Gasteiger partial charge in [0, 0.05) is 6.54 Å². The highest BCUT2D eigenvalue weighted by Crippen LogP contribution is 2.16. The van der Waals surface area contributed by atoms with Gasteiger partial charge in [-0.25, -0.2) is 4.79 Å². The van der Waals surface area contributed by atoms with Crippen molar-refractivity contribution in [3.63, 3.8) is 0 Å². The van der Waals surface area contributed by atoms with E-state index >= 15 is 0 Å². The number of rotatable bonds is 5. The van der Waals surface area contributed by atoms with Gasteiger partial charge in [-0.2, -0.15) is 0 Å². The predicted octanol–water partition coefficient (Wildman–Crippen LogP) is 1.45. The first kappa shape index (κ1) is 15.0. The predicted molar refractivity (Wildman–Crippen MR) is 75.2 cm³/mol. The van der Waals surface area contributed by atoms with E-state index < -0.39 is 17.5 Å². The first-order valence-corrected chi connectivity index (χ1v) is 6.74. The van der Waals surface area contributed by atoms with Gasteiger partial charge in [0.15, 0.2) is 0 Å². The third-order valence-electron chi connectivity index (χ3n) is 3.23. The molecule has 0 aromatic heterocycles. The molecule has 0 bridgehead atoms. The number of hydrogen-bond acceptors (Lipinski definition) is 4. The Kier molecular flexibility index (Phi) is 4.26. The van der Waals surface area contributed by atoms with Crippen LogP contribution >= 0.6 is 0 Å². The monoisotopic (exact) mass is 290 g/mol. The van der Waals surface area contributed by atoms with Crippen LogP contribution in [0.2, 0.25) is 0 Å². The second kappa shape index (κ2) is 5.95. The highest BCUT2D eigenvalue weighted by Gasteiger charge is 2.44. The van der Waals surface area contributed by atoms with E-state index in [1.54, 1.807) is 13.8 Å². The lowest BCUT2D eigenvalue weighted by Gasteiger charge is -2.15. The van der Waals surface area contributed by atoms with Crippen molar-refractivity contribution in [3.05, 3.63) is 35.9 Å². The summed E-state index contributed by atoms with van der Waals surface area (Å²) in [6.07, 6.45) is -0.0118. The molecular weight excluding hydrogens is 272 g/mol. The quantitative estimate of drug-likeness (QED) is 0.658. The fourth-order valence-electron chi connectivity index (χ4n) is 2.03. The molecule has 0 spiro atoms. The molecule has 1 aromatic carbocycles.